The van der Waals surface area contributed by atoms with Crippen molar-refractivity contribution in [2.24, 2.45) is 0 Å². The maximum absolute atomic E-state index is 5.80. The van der Waals surface area contributed by atoms with Crippen molar-refractivity contribution < 1.29 is 0 Å². The van der Waals surface area contributed by atoms with E-state index in [4.69, 9.17) is 5.73 Å². The molecule has 6 heteroatoms. The predicted octanol–water partition coefficient (Wildman–Crippen LogP) is 2.85. The summed E-state index contributed by atoms with van der Waals surface area (Å²) in [5.41, 5.74) is 7.79. The molecule has 2 aromatic heterocycles. The zero-order chi connectivity index (χ0) is 15.0. The lowest BCUT2D eigenvalue weighted by Crippen LogP contribution is -2.16. The molecule has 0 amide bonds. The van der Waals surface area contributed by atoms with E-state index < -0.39 is 0 Å². The van der Waals surface area contributed by atoms with Crippen LogP contribution in [0.5, 0.6) is 0 Å². The first-order valence-corrected chi connectivity index (χ1v) is 7.81. The fourth-order valence-corrected chi connectivity index (χ4v) is 3.06. The summed E-state index contributed by atoms with van der Waals surface area (Å²) in [6.45, 7) is 6.36. The van der Waals surface area contributed by atoms with Crippen molar-refractivity contribution in [2.75, 3.05) is 5.73 Å². The molecule has 0 atom stereocenters. The van der Waals surface area contributed by atoms with Crippen LogP contribution in [0.2, 0.25) is 0 Å². The lowest BCUT2D eigenvalue weighted by atomic mass is 9.96. The highest BCUT2D eigenvalue weighted by atomic mass is 32.1. The first kappa shape index (κ1) is 14.0. The van der Waals surface area contributed by atoms with Gasteiger partial charge in [0.15, 0.2) is 5.82 Å². The minimum atomic E-state index is -0.0569. The second kappa shape index (κ2) is 5.11. The van der Waals surface area contributed by atoms with Gasteiger partial charge >= 0.3 is 0 Å². The normalized spacial score (nSPS) is 12.1. The van der Waals surface area contributed by atoms with E-state index in [2.05, 4.69) is 42.1 Å². The zero-order valence-electron chi connectivity index (χ0n) is 12.5. The zero-order valence-corrected chi connectivity index (χ0v) is 13.3. The Morgan fingerprint density at radius 2 is 2.00 bits per heavy atom. The molecule has 0 bridgehead atoms. The Labute approximate surface area is 127 Å². The summed E-state index contributed by atoms with van der Waals surface area (Å²) in [6.07, 6.45) is 1.82. The highest BCUT2D eigenvalue weighted by Gasteiger charge is 2.23. The van der Waals surface area contributed by atoms with E-state index in [1.54, 1.807) is 11.3 Å². The molecular weight excluding hydrogens is 282 g/mol. The second-order valence-electron chi connectivity index (χ2n) is 6.21. The largest absolute Gasteiger partial charge is 0.399 e. The monoisotopic (exact) mass is 301 g/mol. The fraction of sp³-hybridized carbons (Fsp3) is 0.400. The van der Waals surface area contributed by atoms with Crippen LogP contribution in [0.15, 0.2) is 24.3 Å². The topological polar surface area (TPSA) is 69.1 Å². The number of aromatic nitrogens is 4. The number of nitrogens with two attached hydrogens (primary N) is 1. The smallest absolute Gasteiger partial charge is 0.234 e. The van der Waals surface area contributed by atoms with Gasteiger partial charge in [0.25, 0.3) is 0 Å². The molecule has 5 nitrogen and oxygen atoms in total. The fourth-order valence-electron chi connectivity index (χ4n) is 2.23. The van der Waals surface area contributed by atoms with Gasteiger partial charge in [-0.3, -0.25) is 0 Å². The Morgan fingerprint density at radius 1 is 1.19 bits per heavy atom. The van der Waals surface area contributed by atoms with Crippen molar-refractivity contribution in [3.8, 4) is 0 Å². The van der Waals surface area contributed by atoms with Gasteiger partial charge in [-0.15, -0.1) is 10.2 Å². The number of anilines is 1. The van der Waals surface area contributed by atoms with Gasteiger partial charge in [0, 0.05) is 17.5 Å². The molecule has 110 valence electrons. The maximum atomic E-state index is 5.80. The summed E-state index contributed by atoms with van der Waals surface area (Å²) in [5.74, 6) is 0.906. The Morgan fingerprint density at radius 3 is 2.71 bits per heavy atom. The molecule has 2 heterocycles. The van der Waals surface area contributed by atoms with Crippen molar-refractivity contribution in [1.29, 1.82) is 0 Å². The Hall–Kier alpha value is -1.95. The van der Waals surface area contributed by atoms with E-state index in [0.717, 1.165) is 34.3 Å². The minimum absolute atomic E-state index is 0.0569. The molecule has 0 saturated carbocycles. The molecule has 0 aliphatic rings. The van der Waals surface area contributed by atoms with Crippen molar-refractivity contribution in [1.82, 2.24) is 19.8 Å². The Balaban J connectivity index is 1.81. The standard InChI is InChI=1S/C15H19N5S/c1-15(2,3)13-17-18-14-20(13)19-12(21-14)8-7-10-5-4-6-11(16)9-10/h4-6,9H,7-8,16H2,1-3H3. The van der Waals surface area contributed by atoms with Crippen LogP contribution >= 0.6 is 11.3 Å². The third-order valence-corrected chi connectivity index (χ3v) is 4.24. The highest BCUT2D eigenvalue weighted by molar-refractivity contribution is 7.16. The van der Waals surface area contributed by atoms with E-state index in [1.807, 2.05) is 22.7 Å². The summed E-state index contributed by atoms with van der Waals surface area (Å²) in [4.78, 5) is 0.863. The van der Waals surface area contributed by atoms with Gasteiger partial charge in [0.2, 0.25) is 4.96 Å². The van der Waals surface area contributed by atoms with Gasteiger partial charge in [-0.2, -0.15) is 9.61 Å². The minimum Gasteiger partial charge on any atom is -0.399 e. The van der Waals surface area contributed by atoms with E-state index >= 15 is 0 Å². The second-order valence-corrected chi connectivity index (χ2v) is 7.25. The number of nitrogens with zero attached hydrogens (tertiary/aromatic N) is 4. The average Bonchev–Trinajstić information content (AvgIpc) is 2.94. The number of benzene rings is 1. The van der Waals surface area contributed by atoms with Crippen LogP contribution in [0.1, 0.15) is 37.2 Å². The van der Waals surface area contributed by atoms with Crippen molar-refractivity contribution in [2.45, 2.75) is 39.0 Å². The molecule has 0 spiro atoms. The van der Waals surface area contributed by atoms with Crippen molar-refractivity contribution >= 4 is 22.0 Å². The van der Waals surface area contributed by atoms with E-state index in [0.29, 0.717) is 0 Å². The van der Waals surface area contributed by atoms with Crippen molar-refractivity contribution in [3.05, 3.63) is 40.7 Å². The van der Waals surface area contributed by atoms with Gasteiger partial charge in [-0.05, 0) is 24.1 Å². The molecule has 3 aromatic rings. The molecule has 2 N–H and O–H groups in total. The van der Waals surface area contributed by atoms with E-state index in [-0.39, 0.29) is 5.41 Å². The molecule has 0 aliphatic carbocycles. The third-order valence-electron chi connectivity index (χ3n) is 3.28. The Bertz CT molecular complexity index is 766. The van der Waals surface area contributed by atoms with Crippen LogP contribution in [0, 0.1) is 0 Å². The molecule has 0 radical (unpaired) electrons. The van der Waals surface area contributed by atoms with E-state index in [1.165, 1.54) is 5.56 Å². The number of fused-ring (bicyclic) bond motifs is 1. The molecule has 1 aromatic carbocycles. The van der Waals surface area contributed by atoms with Crippen LogP contribution in [0.3, 0.4) is 0 Å². The summed E-state index contributed by atoms with van der Waals surface area (Å²) < 4.78 is 1.87. The molecule has 0 aliphatic heterocycles. The Kier molecular flexibility index (Phi) is 3.41. The SMILES string of the molecule is CC(C)(C)c1nnc2sc(CCc3cccc(N)c3)nn12. The van der Waals surface area contributed by atoms with Gasteiger partial charge < -0.3 is 5.73 Å². The van der Waals surface area contributed by atoms with Crippen LogP contribution < -0.4 is 5.73 Å². The first-order chi connectivity index (χ1) is 9.93. The highest BCUT2D eigenvalue weighted by Crippen LogP contribution is 2.23. The number of nitrogen functional groups attached to an aromatic ring is 1. The molecule has 21 heavy (non-hydrogen) atoms. The summed E-state index contributed by atoms with van der Waals surface area (Å²) in [6, 6.07) is 8.00. The summed E-state index contributed by atoms with van der Waals surface area (Å²) >= 11 is 1.60. The number of hydrogen-bond acceptors (Lipinski definition) is 5. The van der Waals surface area contributed by atoms with Gasteiger partial charge in [-0.25, -0.2) is 0 Å². The van der Waals surface area contributed by atoms with Gasteiger partial charge in [0.05, 0.1) is 0 Å². The van der Waals surface area contributed by atoms with E-state index in [9.17, 15) is 0 Å². The van der Waals surface area contributed by atoms with Crippen LogP contribution in [-0.4, -0.2) is 19.8 Å². The molecule has 0 saturated heterocycles. The van der Waals surface area contributed by atoms with Gasteiger partial charge in [0.1, 0.15) is 5.01 Å². The number of hydrogen-bond donors (Lipinski definition) is 1. The molecule has 3 rings (SSSR count). The van der Waals surface area contributed by atoms with Crippen molar-refractivity contribution in [3.63, 3.8) is 0 Å². The van der Waals surface area contributed by atoms with Crippen LogP contribution in [0.4, 0.5) is 5.69 Å². The lowest BCUT2D eigenvalue weighted by molar-refractivity contribution is 0.526. The number of rotatable bonds is 3. The maximum Gasteiger partial charge on any atom is 0.234 e. The summed E-state index contributed by atoms with van der Waals surface area (Å²) in [7, 11) is 0. The quantitative estimate of drug-likeness (QED) is 0.755. The first-order valence-electron chi connectivity index (χ1n) is 6.99. The lowest BCUT2D eigenvalue weighted by Gasteiger charge is -2.13. The average molecular weight is 301 g/mol. The molecular formula is C15H19N5S. The van der Waals surface area contributed by atoms with Crippen LogP contribution in [-0.2, 0) is 18.3 Å². The van der Waals surface area contributed by atoms with Gasteiger partial charge in [-0.1, -0.05) is 44.2 Å². The third kappa shape index (κ3) is 2.90. The summed E-state index contributed by atoms with van der Waals surface area (Å²) in [5, 5.41) is 14.2. The molecule has 0 unspecified atom stereocenters. The van der Waals surface area contributed by atoms with Crippen LogP contribution in [0.25, 0.3) is 4.96 Å². The molecule has 0 fully saturated rings. The predicted molar refractivity (Wildman–Crippen MR) is 85.6 cm³/mol. The number of aryl methyl sites for hydroxylation is 2.